The van der Waals surface area contributed by atoms with Crippen LogP contribution in [0.25, 0.3) is 0 Å². The van der Waals surface area contributed by atoms with Gasteiger partial charge in [-0.2, -0.15) is 0 Å². The highest BCUT2D eigenvalue weighted by Gasteiger charge is 2.28. The average Bonchev–Trinajstić information content (AvgIpc) is 2.91. The van der Waals surface area contributed by atoms with Crippen LogP contribution < -0.4 is 5.32 Å². The number of carbonyl (C=O) groups is 4. The van der Waals surface area contributed by atoms with Crippen molar-refractivity contribution in [3.05, 3.63) is 23.8 Å². The van der Waals surface area contributed by atoms with Crippen LogP contribution in [0.4, 0.5) is 5.69 Å². The maximum Gasteiger partial charge on any atom is 0.338 e. The van der Waals surface area contributed by atoms with Crippen molar-refractivity contribution in [1.82, 2.24) is 4.90 Å². The zero-order valence-corrected chi connectivity index (χ0v) is 17.1. The van der Waals surface area contributed by atoms with E-state index in [1.165, 1.54) is 0 Å². The summed E-state index contributed by atoms with van der Waals surface area (Å²) in [6, 6.07) is 4.97. The van der Waals surface area contributed by atoms with Crippen molar-refractivity contribution in [3.8, 4) is 0 Å². The predicted molar refractivity (Wildman–Crippen MR) is 107 cm³/mol. The van der Waals surface area contributed by atoms with Gasteiger partial charge in [-0.1, -0.05) is 0 Å². The monoisotopic (exact) mass is 420 g/mol. The molecule has 0 saturated carbocycles. The molecule has 2 aliphatic rings. The number of carbonyl (C=O) groups excluding carboxylic acids is 4. The van der Waals surface area contributed by atoms with Gasteiger partial charge < -0.3 is 19.7 Å². The molecule has 2 aliphatic heterocycles. The van der Waals surface area contributed by atoms with Gasteiger partial charge in [0.1, 0.15) is 0 Å². The Balaban J connectivity index is 1.50. The number of benzene rings is 1. The number of nitrogens with zero attached hydrogens (tertiary/aromatic N) is 1. The van der Waals surface area contributed by atoms with Gasteiger partial charge >= 0.3 is 11.9 Å². The second-order valence-electron chi connectivity index (χ2n) is 6.84. The molecule has 0 unspecified atom stereocenters. The number of likely N-dealkylation sites (tertiary alicyclic amines) is 1. The lowest BCUT2D eigenvalue weighted by atomic mass is 9.97. The predicted octanol–water partition coefficient (Wildman–Crippen LogP) is 2.08. The van der Waals surface area contributed by atoms with Crippen molar-refractivity contribution in [2.75, 3.05) is 37.4 Å². The first-order valence-electron chi connectivity index (χ1n) is 9.66. The number of hydrogen-bond donors (Lipinski definition) is 1. The Bertz CT molecular complexity index is 804. The van der Waals surface area contributed by atoms with Gasteiger partial charge in [-0.3, -0.25) is 14.4 Å². The van der Waals surface area contributed by atoms with Gasteiger partial charge in [-0.25, -0.2) is 4.79 Å². The lowest BCUT2D eigenvalue weighted by molar-refractivity contribution is -0.151. The topological polar surface area (TPSA) is 102 Å². The van der Waals surface area contributed by atoms with Crippen molar-refractivity contribution in [1.29, 1.82) is 0 Å². The van der Waals surface area contributed by atoms with Crippen molar-refractivity contribution in [3.63, 3.8) is 0 Å². The van der Waals surface area contributed by atoms with Gasteiger partial charge in [0.05, 0.1) is 23.8 Å². The van der Waals surface area contributed by atoms with E-state index < -0.39 is 5.97 Å². The van der Waals surface area contributed by atoms with E-state index in [0.29, 0.717) is 50.4 Å². The Kier molecular flexibility index (Phi) is 7.13. The van der Waals surface area contributed by atoms with Gasteiger partial charge in [0.2, 0.25) is 5.91 Å². The smallest absolute Gasteiger partial charge is 0.338 e. The quantitative estimate of drug-likeness (QED) is 0.728. The van der Waals surface area contributed by atoms with Crippen LogP contribution in [0.3, 0.4) is 0 Å². The third kappa shape index (κ3) is 5.50. The van der Waals surface area contributed by atoms with Crippen molar-refractivity contribution >= 4 is 41.2 Å². The molecular weight excluding hydrogens is 396 g/mol. The van der Waals surface area contributed by atoms with E-state index in [9.17, 15) is 19.2 Å². The molecule has 1 aromatic carbocycles. The lowest BCUT2D eigenvalue weighted by Crippen LogP contribution is -2.42. The summed E-state index contributed by atoms with van der Waals surface area (Å²) < 4.78 is 10.2. The first-order chi connectivity index (χ1) is 14.0. The number of rotatable bonds is 5. The molecular formula is C20H24N2O6S. The lowest BCUT2D eigenvalue weighted by Gasteiger charge is -2.30. The fourth-order valence-corrected chi connectivity index (χ4v) is 4.21. The molecule has 0 aromatic heterocycles. The second kappa shape index (κ2) is 9.78. The van der Waals surface area contributed by atoms with Gasteiger partial charge in [0.15, 0.2) is 6.61 Å². The Morgan fingerprint density at radius 1 is 1.21 bits per heavy atom. The molecule has 0 aliphatic carbocycles. The fraction of sp³-hybridized carbons (Fsp3) is 0.500. The molecule has 8 nitrogen and oxygen atoms in total. The van der Waals surface area contributed by atoms with Crippen molar-refractivity contribution in [2.24, 2.45) is 5.92 Å². The minimum atomic E-state index is -0.619. The molecule has 9 heteroatoms. The van der Waals surface area contributed by atoms with E-state index in [2.05, 4.69) is 5.32 Å². The number of nitrogens with one attached hydrogen (secondary N) is 1. The summed E-state index contributed by atoms with van der Waals surface area (Å²) in [5.74, 6) is -0.730. The highest BCUT2D eigenvalue weighted by atomic mass is 32.2. The summed E-state index contributed by atoms with van der Waals surface area (Å²) in [6.45, 7) is 2.62. The Labute approximate surface area is 173 Å². The molecule has 2 heterocycles. The molecule has 29 heavy (non-hydrogen) atoms. The van der Waals surface area contributed by atoms with Crippen LogP contribution >= 0.6 is 11.8 Å². The van der Waals surface area contributed by atoms with E-state index in [1.807, 2.05) is 0 Å². The molecule has 0 spiro atoms. The largest absolute Gasteiger partial charge is 0.466 e. The van der Waals surface area contributed by atoms with Gasteiger partial charge in [0, 0.05) is 30.2 Å². The van der Waals surface area contributed by atoms with Crippen LogP contribution in [0.15, 0.2) is 23.1 Å². The van der Waals surface area contributed by atoms with E-state index in [-0.39, 0.29) is 35.9 Å². The molecule has 2 amide bonds. The number of esters is 2. The minimum absolute atomic E-state index is 0.0943. The number of thioether (sulfide) groups is 1. The number of piperidine rings is 1. The highest BCUT2D eigenvalue weighted by molar-refractivity contribution is 7.99. The number of amides is 2. The first-order valence-corrected chi connectivity index (χ1v) is 10.6. The van der Waals surface area contributed by atoms with E-state index in [4.69, 9.17) is 9.47 Å². The molecule has 1 saturated heterocycles. The molecule has 0 atom stereocenters. The number of fused-ring (bicyclic) bond motifs is 1. The van der Waals surface area contributed by atoms with Gasteiger partial charge in [-0.05, 0) is 38.0 Å². The SMILES string of the molecule is CCOC(=O)C1CCN(C(=O)COC(=O)c2ccc3c(c2)NC(=O)CCS3)CC1. The van der Waals surface area contributed by atoms with Gasteiger partial charge in [0.25, 0.3) is 5.91 Å². The standard InChI is InChI=1S/C20H24N2O6S/c1-2-27-19(25)13-5-8-22(9-6-13)18(24)12-28-20(26)14-3-4-16-15(11-14)21-17(23)7-10-29-16/h3-4,11,13H,2,5-10,12H2,1H3,(H,21,23). The summed E-state index contributed by atoms with van der Waals surface area (Å²) in [5.41, 5.74) is 0.861. The maximum absolute atomic E-state index is 12.3. The summed E-state index contributed by atoms with van der Waals surface area (Å²) in [6.07, 6.45) is 1.50. The molecule has 1 fully saturated rings. The van der Waals surface area contributed by atoms with Crippen LogP contribution in [-0.4, -0.2) is 60.7 Å². The Morgan fingerprint density at radius 2 is 1.97 bits per heavy atom. The van der Waals surface area contributed by atoms with Crippen LogP contribution in [0.2, 0.25) is 0 Å². The Morgan fingerprint density at radius 3 is 2.69 bits per heavy atom. The fourth-order valence-electron chi connectivity index (χ4n) is 3.27. The van der Waals surface area contributed by atoms with E-state index >= 15 is 0 Å². The summed E-state index contributed by atoms with van der Waals surface area (Å²) >= 11 is 1.55. The first kappa shape index (κ1) is 21.2. The average molecular weight is 420 g/mol. The highest BCUT2D eigenvalue weighted by Crippen LogP contribution is 2.31. The number of hydrogen-bond acceptors (Lipinski definition) is 7. The zero-order valence-electron chi connectivity index (χ0n) is 16.3. The zero-order chi connectivity index (χ0) is 20.8. The number of anilines is 1. The molecule has 1 aromatic rings. The molecule has 0 radical (unpaired) electrons. The Hall–Kier alpha value is -2.55. The van der Waals surface area contributed by atoms with E-state index in [0.717, 1.165) is 4.90 Å². The van der Waals surface area contributed by atoms with Gasteiger partial charge in [-0.15, -0.1) is 11.8 Å². The minimum Gasteiger partial charge on any atom is -0.466 e. The third-order valence-corrected chi connectivity index (χ3v) is 5.95. The normalized spacial score (nSPS) is 17.0. The van der Waals surface area contributed by atoms with Crippen LogP contribution in [0, 0.1) is 5.92 Å². The van der Waals surface area contributed by atoms with Crippen LogP contribution in [-0.2, 0) is 23.9 Å². The molecule has 156 valence electrons. The number of ether oxygens (including phenoxy) is 2. The summed E-state index contributed by atoms with van der Waals surface area (Å²) in [5, 5.41) is 2.78. The van der Waals surface area contributed by atoms with Crippen LogP contribution in [0.1, 0.15) is 36.5 Å². The van der Waals surface area contributed by atoms with Crippen molar-refractivity contribution < 1.29 is 28.7 Å². The van der Waals surface area contributed by atoms with Crippen LogP contribution in [0.5, 0.6) is 0 Å². The maximum atomic E-state index is 12.3. The molecule has 1 N–H and O–H groups in total. The molecule has 3 rings (SSSR count). The second-order valence-corrected chi connectivity index (χ2v) is 7.98. The summed E-state index contributed by atoms with van der Waals surface area (Å²) in [4.78, 5) is 50.6. The van der Waals surface area contributed by atoms with E-state index in [1.54, 1.807) is 41.8 Å². The van der Waals surface area contributed by atoms with Crippen molar-refractivity contribution in [2.45, 2.75) is 31.1 Å². The third-order valence-electron chi connectivity index (χ3n) is 4.87. The summed E-state index contributed by atoms with van der Waals surface area (Å²) in [7, 11) is 0. The molecule has 0 bridgehead atoms.